The van der Waals surface area contributed by atoms with Crippen LogP contribution in [0.1, 0.15) is 33.4 Å². The van der Waals surface area contributed by atoms with Crippen molar-refractivity contribution < 1.29 is 32.9 Å². The summed E-state index contributed by atoms with van der Waals surface area (Å²) in [4.78, 5) is 16.1. The second-order valence-corrected chi connectivity index (χ2v) is 9.43. The number of phenolic OH excluding ortho intramolecular Hbond substituents is 2. The van der Waals surface area contributed by atoms with E-state index in [4.69, 9.17) is 0 Å². The van der Waals surface area contributed by atoms with E-state index in [-0.39, 0.29) is 17.2 Å². The molecular formula is C30H24F3NO4. The number of carbonyl (C=O) groups excluding carboxylic acids is 1. The second kappa shape index (κ2) is 8.83. The van der Waals surface area contributed by atoms with Crippen LogP contribution in [-0.2, 0) is 10.2 Å². The zero-order valence-corrected chi connectivity index (χ0v) is 20.8. The number of anilines is 2. The van der Waals surface area contributed by atoms with Gasteiger partial charge in [-0.05, 0) is 61.7 Å². The van der Waals surface area contributed by atoms with Crippen LogP contribution in [0.15, 0.2) is 78.9 Å². The summed E-state index contributed by atoms with van der Waals surface area (Å²) in [7, 11) is 0. The number of nitrogens with zero attached hydrogens (tertiary/aromatic N) is 1. The average molecular weight is 520 g/mol. The molecule has 5 rings (SSSR count). The Morgan fingerprint density at radius 3 is 2.18 bits per heavy atom. The molecule has 1 unspecified atom stereocenters. The summed E-state index contributed by atoms with van der Waals surface area (Å²) in [6.45, 7) is 5.28. The van der Waals surface area contributed by atoms with E-state index >= 15 is 0 Å². The van der Waals surface area contributed by atoms with E-state index < -0.39 is 23.4 Å². The number of rotatable bonds is 4. The lowest BCUT2D eigenvalue weighted by molar-refractivity contribution is -0.274. The minimum atomic E-state index is -4.90. The molecule has 0 saturated heterocycles. The van der Waals surface area contributed by atoms with Gasteiger partial charge in [0.25, 0.3) is 5.91 Å². The molecule has 0 aliphatic carbocycles. The van der Waals surface area contributed by atoms with Crippen molar-refractivity contribution in [3.8, 4) is 17.2 Å². The first-order valence-electron chi connectivity index (χ1n) is 11.8. The maximum absolute atomic E-state index is 14.7. The van der Waals surface area contributed by atoms with Gasteiger partial charge in [-0.15, -0.1) is 13.2 Å². The maximum Gasteiger partial charge on any atom is 0.573 e. The number of phenols is 2. The third kappa shape index (κ3) is 3.93. The van der Waals surface area contributed by atoms with Crippen molar-refractivity contribution in [3.63, 3.8) is 0 Å². The van der Waals surface area contributed by atoms with Gasteiger partial charge in [0.05, 0.1) is 11.4 Å². The van der Waals surface area contributed by atoms with Crippen LogP contribution >= 0.6 is 0 Å². The van der Waals surface area contributed by atoms with Crippen LogP contribution in [0, 0.1) is 20.8 Å². The number of amides is 1. The van der Waals surface area contributed by atoms with Crippen LogP contribution in [0.2, 0.25) is 0 Å². The number of hydrogen-bond acceptors (Lipinski definition) is 4. The van der Waals surface area contributed by atoms with Crippen molar-refractivity contribution in [2.45, 2.75) is 32.5 Å². The number of halogens is 3. The Kier molecular flexibility index (Phi) is 5.86. The van der Waals surface area contributed by atoms with Crippen molar-refractivity contribution in [1.82, 2.24) is 0 Å². The Labute approximate surface area is 217 Å². The fourth-order valence-electron chi connectivity index (χ4n) is 5.27. The molecule has 0 fully saturated rings. The fourth-order valence-corrected chi connectivity index (χ4v) is 5.27. The molecule has 1 aliphatic heterocycles. The Hall–Kier alpha value is -4.46. The highest BCUT2D eigenvalue weighted by Crippen LogP contribution is 2.55. The number of aryl methyl sites for hydroxylation is 3. The molecule has 1 atom stereocenters. The van der Waals surface area contributed by atoms with Gasteiger partial charge in [-0.3, -0.25) is 9.69 Å². The summed E-state index contributed by atoms with van der Waals surface area (Å²) >= 11 is 0. The van der Waals surface area contributed by atoms with Crippen LogP contribution in [0.5, 0.6) is 17.2 Å². The highest BCUT2D eigenvalue weighted by atomic mass is 19.4. The molecule has 8 heteroatoms. The summed E-state index contributed by atoms with van der Waals surface area (Å²) in [6.07, 6.45) is -4.90. The SMILES string of the molecule is Cc1ccc(O)c(C2(c3cc(C)c(O)c(C)c3)C(=O)N(c3cccc(OC(F)(F)F)c3)c3ccccc32)c1. The Morgan fingerprint density at radius 2 is 1.50 bits per heavy atom. The van der Waals surface area contributed by atoms with E-state index in [0.717, 1.165) is 17.7 Å². The number of carbonyl (C=O) groups is 1. The first-order valence-corrected chi connectivity index (χ1v) is 11.8. The van der Waals surface area contributed by atoms with E-state index in [1.165, 1.54) is 23.1 Å². The molecule has 0 bridgehead atoms. The molecule has 5 nitrogen and oxygen atoms in total. The number of alkyl halides is 3. The van der Waals surface area contributed by atoms with Gasteiger partial charge in [0.15, 0.2) is 0 Å². The lowest BCUT2D eigenvalue weighted by Gasteiger charge is -2.32. The summed E-state index contributed by atoms with van der Waals surface area (Å²) in [5, 5.41) is 21.6. The summed E-state index contributed by atoms with van der Waals surface area (Å²) < 4.78 is 43.0. The van der Waals surface area contributed by atoms with Gasteiger partial charge in [-0.1, -0.05) is 54.1 Å². The van der Waals surface area contributed by atoms with E-state index in [1.807, 2.05) is 6.92 Å². The quantitative estimate of drug-likeness (QED) is 0.307. The van der Waals surface area contributed by atoms with E-state index in [9.17, 15) is 28.2 Å². The lowest BCUT2D eigenvalue weighted by Crippen LogP contribution is -2.40. The molecular weight excluding hydrogens is 495 g/mol. The average Bonchev–Trinajstić information content (AvgIpc) is 3.11. The van der Waals surface area contributed by atoms with Crippen LogP contribution < -0.4 is 9.64 Å². The fraction of sp³-hybridized carbons (Fsp3) is 0.167. The Balaban J connectivity index is 1.84. The van der Waals surface area contributed by atoms with Gasteiger partial charge in [-0.25, -0.2) is 0 Å². The zero-order chi connectivity index (χ0) is 27.4. The zero-order valence-electron chi connectivity index (χ0n) is 20.8. The van der Waals surface area contributed by atoms with Gasteiger partial charge in [0, 0.05) is 17.2 Å². The number of hydrogen-bond donors (Lipinski definition) is 2. The maximum atomic E-state index is 14.7. The van der Waals surface area contributed by atoms with Gasteiger partial charge in [0.1, 0.15) is 22.7 Å². The molecule has 4 aromatic carbocycles. The Morgan fingerprint density at radius 1 is 0.816 bits per heavy atom. The third-order valence-corrected chi connectivity index (χ3v) is 6.86. The Bertz CT molecular complexity index is 1560. The van der Waals surface area contributed by atoms with Gasteiger partial charge < -0.3 is 14.9 Å². The third-order valence-electron chi connectivity index (χ3n) is 6.86. The molecule has 0 saturated carbocycles. The van der Waals surface area contributed by atoms with Crippen molar-refractivity contribution in [3.05, 3.63) is 112 Å². The number of ether oxygens (including phenoxy) is 1. The molecule has 0 aromatic heterocycles. The molecule has 4 aromatic rings. The predicted molar refractivity (Wildman–Crippen MR) is 137 cm³/mol. The van der Waals surface area contributed by atoms with Crippen LogP contribution in [0.3, 0.4) is 0 Å². The normalized spacial score (nSPS) is 17.0. The first kappa shape index (κ1) is 25.2. The molecule has 1 aliphatic rings. The highest BCUT2D eigenvalue weighted by Gasteiger charge is 2.55. The number of para-hydroxylation sites is 1. The van der Waals surface area contributed by atoms with Crippen molar-refractivity contribution >= 4 is 17.3 Å². The van der Waals surface area contributed by atoms with Crippen molar-refractivity contribution in [2.75, 3.05) is 4.90 Å². The van der Waals surface area contributed by atoms with Crippen LogP contribution in [0.4, 0.5) is 24.5 Å². The van der Waals surface area contributed by atoms with Gasteiger partial charge in [0.2, 0.25) is 0 Å². The molecule has 2 N–H and O–H groups in total. The van der Waals surface area contributed by atoms with Crippen molar-refractivity contribution in [2.24, 2.45) is 0 Å². The monoisotopic (exact) mass is 519 g/mol. The van der Waals surface area contributed by atoms with E-state index in [0.29, 0.717) is 33.5 Å². The molecule has 0 spiro atoms. The summed E-state index contributed by atoms with van der Waals surface area (Å²) in [6, 6.07) is 20.6. The second-order valence-electron chi connectivity index (χ2n) is 9.43. The summed E-state index contributed by atoms with van der Waals surface area (Å²) in [5.41, 5.74) is 2.31. The lowest BCUT2D eigenvalue weighted by atomic mass is 9.69. The smallest absolute Gasteiger partial charge is 0.508 e. The number of fused-ring (bicyclic) bond motifs is 1. The topological polar surface area (TPSA) is 70.0 Å². The minimum Gasteiger partial charge on any atom is -0.508 e. The van der Waals surface area contributed by atoms with Gasteiger partial charge >= 0.3 is 6.36 Å². The molecule has 38 heavy (non-hydrogen) atoms. The highest BCUT2D eigenvalue weighted by molar-refractivity contribution is 6.17. The van der Waals surface area contributed by atoms with Crippen molar-refractivity contribution in [1.29, 1.82) is 0 Å². The molecule has 194 valence electrons. The van der Waals surface area contributed by atoms with Crippen LogP contribution in [-0.4, -0.2) is 22.5 Å². The molecule has 1 amide bonds. The molecule has 1 heterocycles. The summed E-state index contributed by atoms with van der Waals surface area (Å²) in [5.74, 6) is -0.983. The number of aromatic hydroxyl groups is 2. The predicted octanol–water partition coefficient (Wildman–Crippen LogP) is 6.93. The van der Waals surface area contributed by atoms with E-state index in [2.05, 4.69) is 4.74 Å². The van der Waals surface area contributed by atoms with Crippen LogP contribution in [0.25, 0.3) is 0 Å². The first-order chi connectivity index (χ1) is 17.9. The minimum absolute atomic E-state index is 0.0879. The van der Waals surface area contributed by atoms with Gasteiger partial charge in [-0.2, -0.15) is 0 Å². The largest absolute Gasteiger partial charge is 0.573 e. The number of benzene rings is 4. The van der Waals surface area contributed by atoms with E-state index in [1.54, 1.807) is 62.4 Å². The standard InChI is InChI=1S/C30H24F3NO4/c1-17-11-12-26(35)24(13-17)29(20-14-18(2)27(36)19(3)15-20)23-9-4-5-10-25(23)34(28(29)37)21-7-6-8-22(16-21)38-30(31,32)33/h4-16,35-36H,1-3H3. The molecule has 0 radical (unpaired) electrons.